The minimum Gasteiger partial charge on any atom is -0.361 e. The standard InChI is InChI=1S/C26H35N3/c1-19(17-22-18-27-25-12-8-7-11-24(22)25)28-23-15-13-21(14-16-23)26(29(2)3)20-9-5-4-6-10-20/h4-12,18-19,21,23,26-28H,13-17H2,1-3H3. The molecule has 3 heteroatoms. The lowest BCUT2D eigenvalue weighted by molar-refractivity contribution is 0.154. The van der Waals surface area contributed by atoms with Gasteiger partial charge in [0.1, 0.15) is 0 Å². The molecule has 3 nitrogen and oxygen atoms in total. The molecule has 1 aliphatic carbocycles. The first-order valence-electron chi connectivity index (χ1n) is 11.1. The minimum absolute atomic E-state index is 0.495. The van der Waals surface area contributed by atoms with E-state index in [2.05, 4.69) is 97.0 Å². The van der Waals surface area contributed by atoms with Gasteiger partial charge in [0.15, 0.2) is 0 Å². The maximum Gasteiger partial charge on any atom is 0.0456 e. The smallest absolute Gasteiger partial charge is 0.0456 e. The van der Waals surface area contributed by atoms with E-state index in [1.54, 1.807) is 0 Å². The van der Waals surface area contributed by atoms with Crippen molar-refractivity contribution >= 4 is 10.9 Å². The molecule has 1 heterocycles. The molecule has 1 fully saturated rings. The first-order chi connectivity index (χ1) is 14.1. The van der Waals surface area contributed by atoms with Gasteiger partial charge < -0.3 is 15.2 Å². The molecule has 0 spiro atoms. The molecule has 29 heavy (non-hydrogen) atoms. The van der Waals surface area contributed by atoms with Crippen molar-refractivity contribution in [2.24, 2.45) is 5.92 Å². The molecule has 2 aromatic carbocycles. The third kappa shape index (κ3) is 4.73. The summed E-state index contributed by atoms with van der Waals surface area (Å²) >= 11 is 0. The molecule has 1 saturated carbocycles. The zero-order chi connectivity index (χ0) is 20.2. The lowest BCUT2D eigenvalue weighted by Gasteiger charge is -2.38. The Bertz CT molecular complexity index is 890. The fraction of sp³-hybridized carbons (Fsp3) is 0.462. The van der Waals surface area contributed by atoms with Crippen LogP contribution < -0.4 is 5.32 Å². The summed E-state index contributed by atoms with van der Waals surface area (Å²) in [5, 5.41) is 5.29. The average molecular weight is 390 g/mol. The Morgan fingerprint density at radius 3 is 2.38 bits per heavy atom. The van der Waals surface area contributed by atoms with Crippen molar-refractivity contribution in [3.05, 3.63) is 71.9 Å². The number of nitrogens with zero attached hydrogens (tertiary/aromatic N) is 1. The second kappa shape index (κ2) is 9.15. The van der Waals surface area contributed by atoms with Gasteiger partial charge in [-0.3, -0.25) is 0 Å². The number of aromatic nitrogens is 1. The molecule has 4 rings (SSSR count). The third-order valence-electron chi connectivity index (χ3n) is 6.64. The molecule has 0 aliphatic heterocycles. The topological polar surface area (TPSA) is 31.1 Å². The highest BCUT2D eigenvalue weighted by Gasteiger charge is 2.30. The molecule has 1 aliphatic rings. The van der Waals surface area contributed by atoms with Crippen LogP contribution in [0.5, 0.6) is 0 Å². The normalized spacial score (nSPS) is 22.1. The van der Waals surface area contributed by atoms with E-state index in [1.807, 2.05) is 0 Å². The van der Waals surface area contributed by atoms with Crippen LogP contribution in [-0.2, 0) is 6.42 Å². The second-order valence-corrected chi connectivity index (χ2v) is 9.06. The van der Waals surface area contributed by atoms with Crippen LogP contribution in [-0.4, -0.2) is 36.1 Å². The highest BCUT2D eigenvalue weighted by atomic mass is 15.1. The first kappa shape index (κ1) is 20.2. The third-order valence-corrected chi connectivity index (χ3v) is 6.64. The van der Waals surface area contributed by atoms with E-state index in [1.165, 1.54) is 47.7 Å². The van der Waals surface area contributed by atoms with E-state index >= 15 is 0 Å². The van der Waals surface area contributed by atoms with E-state index in [0.717, 1.165) is 12.3 Å². The van der Waals surface area contributed by atoms with Gasteiger partial charge in [-0.1, -0.05) is 48.5 Å². The zero-order valence-electron chi connectivity index (χ0n) is 18.1. The van der Waals surface area contributed by atoms with Crippen LogP contribution in [0.4, 0.5) is 0 Å². The van der Waals surface area contributed by atoms with Crippen molar-refractivity contribution in [3.8, 4) is 0 Å². The second-order valence-electron chi connectivity index (χ2n) is 9.06. The molecule has 154 valence electrons. The predicted molar refractivity (Wildman–Crippen MR) is 123 cm³/mol. The summed E-state index contributed by atoms with van der Waals surface area (Å²) in [5.74, 6) is 0.745. The van der Waals surface area contributed by atoms with Crippen molar-refractivity contribution in [2.75, 3.05) is 14.1 Å². The maximum atomic E-state index is 3.92. The average Bonchev–Trinajstić information content (AvgIpc) is 3.13. The molecule has 2 unspecified atom stereocenters. The Labute approximate surface area is 175 Å². The van der Waals surface area contributed by atoms with Crippen LogP contribution >= 0.6 is 0 Å². The summed E-state index contributed by atoms with van der Waals surface area (Å²) < 4.78 is 0. The highest BCUT2D eigenvalue weighted by molar-refractivity contribution is 5.83. The fourth-order valence-corrected chi connectivity index (χ4v) is 5.34. The monoisotopic (exact) mass is 389 g/mol. The first-order valence-corrected chi connectivity index (χ1v) is 11.1. The van der Waals surface area contributed by atoms with Gasteiger partial charge in [-0.05, 0) is 76.2 Å². The van der Waals surface area contributed by atoms with Crippen molar-refractivity contribution in [1.82, 2.24) is 15.2 Å². The SMILES string of the molecule is CC(Cc1c[nH]c2ccccc12)NC1CCC(C(c2ccccc2)N(C)C)CC1. The van der Waals surface area contributed by atoms with Crippen LogP contribution in [0.15, 0.2) is 60.8 Å². The molecular formula is C26H35N3. The van der Waals surface area contributed by atoms with Crippen LogP contribution in [0.1, 0.15) is 49.8 Å². The maximum absolute atomic E-state index is 3.92. The quantitative estimate of drug-likeness (QED) is 0.555. The molecular weight excluding hydrogens is 354 g/mol. The van der Waals surface area contributed by atoms with Crippen molar-refractivity contribution in [3.63, 3.8) is 0 Å². The van der Waals surface area contributed by atoms with Gasteiger partial charge in [-0.2, -0.15) is 0 Å². The van der Waals surface area contributed by atoms with Crippen LogP contribution in [0.2, 0.25) is 0 Å². The molecule has 0 saturated heterocycles. The number of hydrogen-bond donors (Lipinski definition) is 2. The van der Waals surface area contributed by atoms with E-state index in [9.17, 15) is 0 Å². The molecule has 2 N–H and O–H groups in total. The molecule has 3 aromatic rings. The number of fused-ring (bicyclic) bond motifs is 1. The largest absolute Gasteiger partial charge is 0.361 e. The summed E-state index contributed by atoms with van der Waals surface area (Å²) in [4.78, 5) is 5.82. The number of H-pyrrole nitrogens is 1. The van der Waals surface area contributed by atoms with Gasteiger partial charge in [0, 0.05) is 35.2 Å². The van der Waals surface area contributed by atoms with Crippen LogP contribution in [0, 0.1) is 5.92 Å². The number of benzene rings is 2. The van der Waals surface area contributed by atoms with E-state index < -0.39 is 0 Å². The number of nitrogens with one attached hydrogen (secondary N) is 2. The van der Waals surface area contributed by atoms with Gasteiger partial charge in [0.05, 0.1) is 0 Å². The summed E-state index contributed by atoms with van der Waals surface area (Å²) in [6, 6.07) is 21.3. The summed E-state index contributed by atoms with van der Waals surface area (Å²) in [7, 11) is 4.45. The lowest BCUT2D eigenvalue weighted by atomic mass is 9.78. The Morgan fingerprint density at radius 1 is 0.966 bits per heavy atom. The summed E-state index contributed by atoms with van der Waals surface area (Å²) in [6.07, 6.45) is 8.42. The molecule has 1 aromatic heterocycles. The highest BCUT2D eigenvalue weighted by Crippen LogP contribution is 2.37. The van der Waals surface area contributed by atoms with Crippen LogP contribution in [0.3, 0.4) is 0 Å². The number of rotatable bonds is 7. The summed E-state index contributed by atoms with van der Waals surface area (Å²) in [6.45, 7) is 2.33. The summed E-state index contributed by atoms with van der Waals surface area (Å²) in [5.41, 5.74) is 4.12. The number of aromatic amines is 1. The van der Waals surface area contributed by atoms with Gasteiger partial charge in [-0.25, -0.2) is 0 Å². The van der Waals surface area contributed by atoms with E-state index in [0.29, 0.717) is 18.1 Å². The molecule has 0 radical (unpaired) electrons. The number of para-hydroxylation sites is 1. The fourth-order valence-electron chi connectivity index (χ4n) is 5.34. The minimum atomic E-state index is 0.495. The van der Waals surface area contributed by atoms with Gasteiger partial charge in [-0.15, -0.1) is 0 Å². The Hall–Kier alpha value is -2.10. The van der Waals surface area contributed by atoms with Crippen molar-refractivity contribution in [2.45, 2.75) is 57.2 Å². The van der Waals surface area contributed by atoms with Crippen LogP contribution in [0.25, 0.3) is 10.9 Å². The van der Waals surface area contributed by atoms with Crippen molar-refractivity contribution < 1.29 is 0 Å². The van der Waals surface area contributed by atoms with Gasteiger partial charge >= 0.3 is 0 Å². The molecule has 2 atom stereocenters. The molecule has 0 amide bonds. The van der Waals surface area contributed by atoms with E-state index in [-0.39, 0.29) is 0 Å². The zero-order valence-corrected chi connectivity index (χ0v) is 18.1. The van der Waals surface area contributed by atoms with Gasteiger partial charge in [0.2, 0.25) is 0 Å². The molecule has 0 bridgehead atoms. The Morgan fingerprint density at radius 2 is 1.66 bits per heavy atom. The van der Waals surface area contributed by atoms with Gasteiger partial charge in [0.25, 0.3) is 0 Å². The van der Waals surface area contributed by atoms with Crippen molar-refractivity contribution in [1.29, 1.82) is 0 Å². The van der Waals surface area contributed by atoms with E-state index in [4.69, 9.17) is 0 Å². The Kier molecular flexibility index (Phi) is 6.37. The number of hydrogen-bond acceptors (Lipinski definition) is 2. The Balaban J connectivity index is 1.32. The predicted octanol–water partition coefficient (Wildman–Crippen LogP) is 5.55. The lowest BCUT2D eigenvalue weighted by Crippen LogP contribution is -2.41.